The Hall–Kier alpha value is -2.18. The van der Waals surface area contributed by atoms with Gasteiger partial charge in [0.2, 0.25) is 0 Å². The van der Waals surface area contributed by atoms with Gasteiger partial charge in [-0.2, -0.15) is 5.10 Å². The summed E-state index contributed by atoms with van der Waals surface area (Å²) in [4.78, 5) is 17.8. The lowest BCUT2D eigenvalue weighted by molar-refractivity contribution is 0.0430. The molecule has 3 aliphatic rings. The SMILES string of the molecule is O=C(c1cn[nH]c1)N(CC1CCN(C2Cc3ccccc3C2)CC1)CC1CCCO1. The first-order valence-electron chi connectivity index (χ1n) is 11.5. The molecule has 0 spiro atoms. The van der Waals surface area contributed by atoms with E-state index in [-0.39, 0.29) is 12.0 Å². The highest BCUT2D eigenvalue weighted by molar-refractivity contribution is 5.93. The summed E-state index contributed by atoms with van der Waals surface area (Å²) in [6.07, 6.45) is 10.3. The topological polar surface area (TPSA) is 61.5 Å². The zero-order valence-corrected chi connectivity index (χ0v) is 17.6. The first-order valence-corrected chi connectivity index (χ1v) is 11.5. The number of aromatic nitrogens is 2. The van der Waals surface area contributed by atoms with Gasteiger partial charge in [0.15, 0.2) is 0 Å². The summed E-state index contributed by atoms with van der Waals surface area (Å²) in [5.74, 6) is 0.634. The van der Waals surface area contributed by atoms with Crippen molar-refractivity contribution in [3.05, 3.63) is 53.3 Å². The number of nitrogens with zero attached hydrogens (tertiary/aromatic N) is 3. The van der Waals surface area contributed by atoms with Crippen LogP contribution < -0.4 is 0 Å². The first-order chi connectivity index (χ1) is 14.8. The normalized spacial score (nSPS) is 23.0. The number of rotatable bonds is 6. The summed E-state index contributed by atoms with van der Waals surface area (Å²) in [5, 5.41) is 6.74. The van der Waals surface area contributed by atoms with Crippen LogP contribution in [0.2, 0.25) is 0 Å². The second kappa shape index (κ2) is 8.90. The molecule has 30 heavy (non-hydrogen) atoms. The Labute approximate surface area is 178 Å². The highest BCUT2D eigenvalue weighted by Crippen LogP contribution is 2.29. The highest BCUT2D eigenvalue weighted by atomic mass is 16.5. The van der Waals surface area contributed by atoms with Crippen LogP contribution in [-0.4, -0.2) is 70.8 Å². The maximum absolute atomic E-state index is 13.1. The summed E-state index contributed by atoms with van der Waals surface area (Å²) in [5.41, 5.74) is 3.70. The van der Waals surface area contributed by atoms with Crippen LogP contribution in [0, 0.1) is 5.92 Å². The molecule has 1 unspecified atom stereocenters. The number of benzene rings is 1. The molecule has 1 aliphatic carbocycles. The third-order valence-corrected chi connectivity index (χ3v) is 7.15. The van der Waals surface area contributed by atoms with Crippen molar-refractivity contribution in [2.45, 2.75) is 50.7 Å². The van der Waals surface area contributed by atoms with Crippen molar-refractivity contribution >= 4 is 5.91 Å². The first kappa shape index (κ1) is 19.8. The maximum atomic E-state index is 13.1. The number of likely N-dealkylation sites (tertiary alicyclic amines) is 1. The lowest BCUT2D eigenvalue weighted by atomic mass is 9.94. The molecule has 6 nitrogen and oxygen atoms in total. The average Bonchev–Trinajstić information content (AvgIpc) is 3.54. The molecule has 5 rings (SSSR count). The van der Waals surface area contributed by atoms with E-state index in [0.29, 0.717) is 24.1 Å². The quantitative estimate of drug-likeness (QED) is 0.798. The second-order valence-corrected chi connectivity index (χ2v) is 9.14. The number of carbonyl (C=O) groups excluding carboxylic acids is 1. The second-order valence-electron chi connectivity index (χ2n) is 9.14. The molecule has 1 aromatic carbocycles. The number of H-pyrrole nitrogens is 1. The summed E-state index contributed by atoms with van der Waals surface area (Å²) >= 11 is 0. The molecule has 2 saturated heterocycles. The Morgan fingerprint density at radius 3 is 2.53 bits per heavy atom. The van der Waals surface area contributed by atoms with Crippen LogP contribution in [-0.2, 0) is 17.6 Å². The van der Waals surface area contributed by atoms with Crippen molar-refractivity contribution in [2.24, 2.45) is 5.92 Å². The van der Waals surface area contributed by atoms with Gasteiger partial charge in [0.25, 0.3) is 5.91 Å². The van der Waals surface area contributed by atoms with Crippen molar-refractivity contribution in [1.29, 1.82) is 0 Å². The fourth-order valence-corrected chi connectivity index (χ4v) is 5.43. The number of ether oxygens (including phenoxy) is 1. The largest absolute Gasteiger partial charge is 0.376 e. The Bertz CT molecular complexity index is 814. The van der Waals surface area contributed by atoms with Gasteiger partial charge >= 0.3 is 0 Å². The fourth-order valence-electron chi connectivity index (χ4n) is 5.43. The van der Waals surface area contributed by atoms with Crippen LogP contribution in [0.1, 0.15) is 47.2 Å². The molecule has 1 atom stereocenters. The number of amides is 1. The summed E-state index contributed by atoms with van der Waals surface area (Å²) < 4.78 is 5.83. The lowest BCUT2D eigenvalue weighted by Crippen LogP contribution is -2.46. The predicted molar refractivity (Wildman–Crippen MR) is 115 cm³/mol. The smallest absolute Gasteiger partial charge is 0.257 e. The summed E-state index contributed by atoms with van der Waals surface area (Å²) in [7, 11) is 0. The van der Waals surface area contributed by atoms with Crippen molar-refractivity contribution in [3.63, 3.8) is 0 Å². The van der Waals surface area contributed by atoms with E-state index in [9.17, 15) is 4.79 Å². The maximum Gasteiger partial charge on any atom is 0.257 e. The number of hydrogen-bond donors (Lipinski definition) is 1. The van der Waals surface area contributed by atoms with Gasteiger partial charge in [0.1, 0.15) is 0 Å². The third kappa shape index (κ3) is 4.30. The molecule has 0 saturated carbocycles. The molecule has 3 heterocycles. The number of aromatic amines is 1. The van der Waals surface area contributed by atoms with Gasteiger partial charge in [-0.1, -0.05) is 24.3 Å². The van der Waals surface area contributed by atoms with E-state index in [0.717, 1.165) is 51.9 Å². The zero-order chi connectivity index (χ0) is 20.3. The molecular weight excluding hydrogens is 376 g/mol. The molecule has 0 radical (unpaired) electrons. The van der Waals surface area contributed by atoms with Crippen LogP contribution in [0.4, 0.5) is 0 Å². The molecule has 2 aromatic rings. The summed E-state index contributed by atoms with van der Waals surface area (Å²) in [6, 6.07) is 9.54. The van der Waals surface area contributed by atoms with Gasteiger partial charge in [-0.25, -0.2) is 0 Å². The van der Waals surface area contributed by atoms with Crippen LogP contribution >= 0.6 is 0 Å². The molecule has 1 N–H and O–H groups in total. The van der Waals surface area contributed by atoms with Crippen LogP contribution in [0.3, 0.4) is 0 Å². The van der Waals surface area contributed by atoms with Crippen LogP contribution in [0.25, 0.3) is 0 Å². The number of carbonyl (C=O) groups is 1. The van der Waals surface area contributed by atoms with Crippen molar-refractivity contribution in [2.75, 3.05) is 32.8 Å². The van der Waals surface area contributed by atoms with E-state index in [4.69, 9.17) is 4.74 Å². The minimum absolute atomic E-state index is 0.0768. The minimum Gasteiger partial charge on any atom is -0.376 e. The Balaban J connectivity index is 1.17. The van der Waals surface area contributed by atoms with E-state index in [1.807, 2.05) is 4.90 Å². The molecule has 2 aliphatic heterocycles. The van der Waals surface area contributed by atoms with E-state index < -0.39 is 0 Å². The van der Waals surface area contributed by atoms with Gasteiger partial charge in [0, 0.05) is 31.9 Å². The Morgan fingerprint density at radius 1 is 1.13 bits per heavy atom. The van der Waals surface area contributed by atoms with Crippen molar-refractivity contribution in [3.8, 4) is 0 Å². The standard InChI is InChI=1S/C24H32N4O2/c29-24(21-14-25-26-15-21)28(17-23-6-3-11-30-23)16-18-7-9-27(10-8-18)22-12-19-4-1-2-5-20(19)13-22/h1-2,4-5,14-15,18,22-23H,3,6-13,16-17H2,(H,25,26). The lowest BCUT2D eigenvalue weighted by Gasteiger charge is -2.38. The molecule has 0 bridgehead atoms. The monoisotopic (exact) mass is 408 g/mol. The molecule has 2 fully saturated rings. The molecule has 6 heteroatoms. The van der Waals surface area contributed by atoms with Crippen molar-refractivity contribution in [1.82, 2.24) is 20.0 Å². The van der Waals surface area contributed by atoms with Crippen molar-refractivity contribution < 1.29 is 9.53 Å². The van der Waals surface area contributed by atoms with Gasteiger partial charge in [-0.15, -0.1) is 0 Å². The van der Waals surface area contributed by atoms with Gasteiger partial charge in [-0.05, 0) is 68.7 Å². The zero-order valence-electron chi connectivity index (χ0n) is 17.6. The number of fused-ring (bicyclic) bond motifs is 1. The summed E-state index contributed by atoms with van der Waals surface area (Å²) in [6.45, 7) is 4.61. The average molecular weight is 409 g/mol. The highest BCUT2D eigenvalue weighted by Gasteiger charge is 2.32. The van der Waals surface area contributed by atoms with E-state index >= 15 is 0 Å². The third-order valence-electron chi connectivity index (χ3n) is 7.15. The molecule has 1 amide bonds. The molecular formula is C24H32N4O2. The number of piperidine rings is 1. The van der Waals surface area contributed by atoms with Gasteiger partial charge < -0.3 is 9.64 Å². The van der Waals surface area contributed by atoms with E-state index in [1.54, 1.807) is 12.4 Å². The van der Waals surface area contributed by atoms with Crippen LogP contribution in [0.5, 0.6) is 0 Å². The number of hydrogen-bond acceptors (Lipinski definition) is 4. The Morgan fingerprint density at radius 2 is 1.90 bits per heavy atom. The molecule has 1 aromatic heterocycles. The molecule has 160 valence electrons. The van der Waals surface area contributed by atoms with Gasteiger partial charge in [0.05, 0.1) is 17.9 Å². The Kier molecular flexibility index (Phi) is 5.86. The van der Waals surface area contributed by atoms with E-state index in [2.05, 4.69) is 39.4 Å². The van der Waals surface area contributed by atoms with E-state index in [1.165, 1.54) is 24.0 Å². The predicted octanol–water partition coefficient (Wildman–Crippen LogP) is 2.91. The van der Waals surface area contributed by atoms with Gasteiger partial charge in [-0.3, -0.25) is 14.8 Å². The van der Waals surface area contributed by atoms with Crippen LogP contribution in [0.15, 0.2) is 36.7 Å². The fraction of sp³-hybridized carbons (Fsp3) is 0.583. The minimum atomic E-state index is 0.0768. The number of nitrogens with one attached hydrogen (secondary N) is 1.